The van der Waals surface area contributed by atoms with E-state index in [0.717, 1.165) is 34.6 Å². The SMILES string of the molecule is C#CC(=C)C(O)CC(C)(C)C.C/C(F)=C/C(=O)C(C)(C)C.C/C=C/C(=O)C(C)(C)C.C=C(C#N)C(O)C(C)(C)C.C=C(C(=O)OCC)C(O)C(C)(C)C.C=C(COC(C)C)C(=O)OCC.C=CC(=O)OC(C=C)C(C)(C)C.C=CC(=O)OCC(C)(C)C.CC(=O)OCC(=O)CC(C)(C)C.CC(C)(C)NC(=O)c1csc(F)n1.CC(C)(C)c1cnc(F)nc1.CC(C)=CC(=O)CC(C)(C)C.CCOC(=O)/C=C/COC(C)(C)C. The summed E-state index contributed by atoms with van der Waals surface area (Å²) in [6.07, 6.45) is 20.0. The van der Waals surface area contributed by atoms with E-state index in [1.807, 2.05) is 228 Å². The first-order chi connectivity index (χ1) is 65.8. The fourth-order valence-electron chi connectivity index (χ4n) is 8.51. The molecule has 31 heteroatoms. The highest BCUT2D eigenvalue weighted by atomic mass is 32.1. The number of nitrogens with one attached hydrogen (secondary N) is 1. The Kier molecular flexibility index (Phi) is 85.1. The number of ketones is 4. The highest BCUT2D eigenvalue weighted by Crippen LogP contribution is 2.29. The van der Waals surface area contributed by atoms with Crippen LogP contribution in [0.25, 0.3) is 0 Å². The molecule has 0 aliphatic rings. The van der Waals surface area contributed by atoms with Gasteiger partial charge in [-0.1, -0.05) is 295 Å². The summed E-state index contributed by atoms with van der Waals surface area (Å²) in [5, 5.41) is 40.3. The van der Waals surface area contributed by atoms with E-state index in [1.54, 1.807) is 71.9 Å². The number of ether oxygens (including phenoxy) is 8. The Hall–Kier alpha value is -10.5. The van der Waals surface area contributed by atoms with Crippen LogP contribution in [0.15, 0.2) is 152 Å². The number of hydrogen-bond donors (Lipinski definition) is 4. The quantitative estimate of drug-likeness (QED) is 0.0117. The van der Waals surface area contributed by atoms with Gasteiger partial charge in [0.1, 0.15) is 24.2 Å². The summed E-state index contributed by atoms with van der Waals surface area (Å²) in [6, 6.07) is 1.83. The second-order valence-electron chi connectivity index (χ2n) is 46.8. The summed E-state index contributed by atoms with van der Waals surface area (Å²) in [7, 11) is 0. The molecule has 2 aromatic heterocycles. The van der Waals surface area contributed by atoms with E-state index in [-0.39, 0.29) is 149 Å². The molecule has 0 fully saturated rings. The van der Waals surface area contributed by atoms with Gasteiger partial charge in [0.25, 0.3) is 11.2 Å². The molecule has 1 amide bonds. The van der Waals surface area contributed by atoms with Crippen molar-refractivity contribution >= 4 is 76.2 Å². The summed E-state index contributed by atoms with van der Waals surface area (Å²) in [4.78, 5) is 131. The molecule has 4 unspecified atom stereocenters. The predicted molar refractivity (Wildman–Crippen MR) is 591 cm³/mol. The van der Waals surface area contributed by atoms with E-state index < -0.39 is 58.8 Å². The number of hydrogen-bond acceptors (Lipinski definition) is 27. The minimum atomic E-state index is -0.855. The van der Waals surface area contributed by atoms with Crippen LogP contribution in [0, 0.1) is 83.7 Å². The number of allylic oxidation sites excluding steroid dienone is 6. The first kappa shape index (κ1) is 159. The fourth-order valence-corrected chi connectivity index (χ4v) is 9.03. The number of carbonyl (C=O) groups excluding carboxylic acids is 11. The Morgan fingerprint density at radius 3 is 1.30 bits per heavy atom. The van der Waals surface area contributed by atoms with Crippen LogP contribution in [0.5, 0.6) is 0 Å². The maximum atomic E-state index is 12.4. The summed E-state index contributed by atoms with van der Waals surface area (Å²) < 4.78 is 75.9. The maximum Gasteiger partial charge on any atom is 0.336 e. The Labute approximate surface area is 889 Å². The first-order valence-electron chi connectivity index (χ1n) is 48.4. The average molecular weight is 2100 g/mol. The number of thiazole rings is 1. The van der Waals surface area contributed by atoms with Crippen molar-refractivity contribution in [3.63, 3.8) is 0 Å². The van der Waals surface area contributed by atoms with Crippen LogP contribution >= 0.6 is 11.3 Å². The second-order valence-corrected chi connectivity index (χ2v) is 47.6. The van der Waals surface area contributed by atoms with Crippen molar-refractivity contribution < 1.29 is 119 Å². The van der Waals surface area contributed by atoms with Gasteiger partial charge in [0.2, 0.25) is 0 Å². The molecule has 27 nitrogen and oxygen atoms in total. The van der Waals surface area contributed by atoms with Crippen molar-refractivity contribution in [3.8, 4) is 18.4 Å². The molecule has 0 aromatic carbocycles. The molecule has 0 bridgehead atoms. The second kappa shape index (κ2) is 78.7. The topological polar surface area (TPSA) is 397 Å². The smallest absolute Gasteiger partial charge is 0.336 e. The lowest BCUT2D eigenvalue weighted by molar-refractivity contribution is -0.146. The lowest BCUT2D eigenvalue weighted by atomic mass is 9.85. The zero-order valence-electron chi connectivity index (χ0n) is 98.8. The van der Waals surface area contributed by atoms with Crippen molar-refractivity contribution in [3.05, 3.63) is 175 Å². The number of halogens is 3. The predicted octanol–water partition coefficient (Wildman–Crippen LogP) is 25.4. The summed E-state index contributed by atoms with van der Waals surface area (Å²) in [5.74, 6) is -0.597. The van der Waals surface area contributed by atoms with Gasteiger partial charge < -0.3 is 58.5 Å². The van der Waals surface area contributed by atoms with Crippen LogP contribution in [-0.4, -0.2) is 183 Å². The molecule has 0 saturated heterocycles. The molecule has 2 aromatic rings. The number of esters is 6. The molecule has 147 heavy (non-hydrogen) atoms. The van der Waals surface area contributed by atoms with E-state index in [1.165, 1.54) is 43.8 Å². The van der Waals surface area contributed by atoms with E-state index in [2.05, 4.69) is 119 Å². The van der Waals surface area contributed by atoms with Crippen LogP contribution in [-0.2, 0) is 91.3 Å². The number of amides is 1. The Bertz CT molecular complexity index is 4500. The normalized spacial score (nSPS) is 12.1. The molecule has 4 atom stereocenters. The highest BCUT2D eigenvalue weighted by Gasteiger charge is 2.31. The number of nitrogens with zero attached hydrogens (tertiary/aromatic N) is 4. The number of aliphatic hydroxyl groups is 3. The molecule has 0 radical (unpaired) electrons. The molecule has 842 valence electrons. The third kappa shape index (κ3) is 112. The van der Waals surface area contributed by atoms with Gasteiger partial charge in [-0.05, 0) is 166 Å². The average Bonchev–Trinajstić information content (AvgIpc) is 1.44. The summed E-state index contributed by atoms with van der Waals surface area (Å²) in [5.41, 5.74) is 1.61. The third-order valence-electron chi connectivity index (χ3n) is 16.1. The molecular weight excluding hydrogens is 1900 g/mol. The van der Waals surface area contributed by atoms with Crippen LogP contribution in [0.4, 0.5) is 13.2 Å². The molecule has 0 aliphatic carbocycles. The van der Waals surface area contributed by atoms with Gasteiger partial charge in [-0.15, -0.1) is 6.42 Å². The number of aromatic nitrogens is 3. The Morgan fingerprint density at radius 1 is 0.558 bits per heavy atom. The van der Waals surface area contributed by atoms with Crippen LogP contribution < -0.4 is 5.32 Å². The fraction of sp³-hybridized carbons (Fsp3) is 0.629. The van der Waals surface area contributed by atoms with Gasteiger partial charge in [0.05, 0.1) is 92.4 Å². The molecule has 0 saturated carbocycles. The van der Waals surface area contributed by atoms with Gasteiger partial charge >= 0.3 is 41.9 Å². The monoisotopic (exact) mass is 2100 g/mol. The van der Waals surface area contributed by atoms with E-state index in [9.17, 15) is 81.2 Å². The zero-order valence-corrected chi connectivity index (χ0v) is 99.7. The lowest BCUT2D eigenvalue weighted by Gasteiger charge is -2.26. The van der Waals surface area contributed by atoms with E-state index >= 15 is 0 Å². The van der Waals surface area contributed by atoms with Crippen molar-refractivity contribution in [2.45, 2.75) is 385 Å². The minimum absolute atomic E-state index is 0.00625. The van der Waals surface area contributed by atoms with E-state index in [0.29, 0.717) is 63.4 Å². The maximum absolute atomic E-state index is 12.4. The number of aliphatic hydroxyl groups excluding tert-OH is 3. The summed E-state index contributed by atoms with van der Waals surface area (Å²) in [6.45, 7) is 114. The van der Waals surface area contributed by atoms with Crippen LogP contribution in [0.2, 0.25) is 0 Å². The summed E-state index contributed by atoms with van der Waals surface area (Å²) >= 11 is 0.820. The number of carbonyl (C=O) groups is 11. The largest absolute Gasteiger partial charge is 0.463 e. The van der Waals surface area contributed by atoms with Gasteiger partial charge in [0.15, 0.2) is 23.1 Å². The molecule has 0 aliphatic heterocycles. The molecular formula is C116H194F3N5O22S. The number of rotatable bonds is 28. The van der Waals surface area contributed by atoms with Crippen molar-refractivity contribution in [2.24, 2.45) is 48.7 Å². The Balaban J connectivity index is -0.000000152. The van der Waals surface area contributed by atoms with E-state index in [4.69, 9.17) is 44.8 Å². The van der Waals surface area contributed by atoms with Crippen molar-refractivity contribution in [1.82, 2.24) is 20.3 Å². The number of nitriles is 1. The van der Waals surface area contributed by atoms with Crippen LogP contribution in [0.3, 0.4) is 0 Å². The zero-order chi connectivity index (χ0) is 119. The van der Waals surface area contributed by atoms with Crippen molar-refractivity contribution in [1.29, 1.82) is 5.26 Å². The van der Waals surface area contributed by atoms with Crippen molar-refractivity contribution in [2.75, 3.05) is 46.2 Å². The van der Waals surface area contributed by atoms with Crippen LogP contribution in [0.1, 0.15) is 354 Å². The van der Waals surface area contributed by atoms with Gasteiger partial charge in [-0.25, -0.2) is 43.3 Å². The highest BCUT2D eigenvalue weighted by molar-refractivity contribution is 7.08. The molecule has 0 spiro atoms. The van der Waals surface area contributed by atoms with Gasteiger partial charge in [-0.2, -0.15) is 14.0 Å². The van der Waals surface area contributed by atoms with Gasteiger partial charge in [0, 0.05) is 89.2 Å². The Morgan fingerprint density at radius 2 is 1.01 bits per heavy atom. The third-order valence-corrected chi connectivity index (χ3v) is 16.7. The standard InChI is InChI=1S/2C10H18O3.C10H16O2.C10H18O.C10H16O.2C9H16O3.C8H11FN2OS.C8H11FN2.C8H13FO.C8H13NO.C8H14O2.C8H14O/c1-6-13-9(12)7(2)8(11)10(3,4)5;1-5-12-9(11)7-6-8-13-10(2,3)4;1-6-8(10(3,4)5)12-9(11)7-2;1-8(2)6-9(11)7-10(3,4)5;1-6-8(2)9(11)7-10(3,4)5;1-7(10)12-6-8(11)5-9(2,3)4;1-5-11-9(10)8(4)6-12-7(2)3;1-8(2,3)11-6(12)5-4-13-7(9)10-5;1-8(2,3)6-4-10-7(9)11-5-6;1-6(9)5-7(10)8(2,3)4;1-6(5-9)7(10)8(2,3)4;1-5-7(9)10-6-8(2,3)4;1-5-6-7(9)8(2,3)4/h8,11H,2,6H2,1,3-5H3;6-7H,5,8H2,1-4H3;6-8H,1-2H2,3-5H3;6H,7H2,1-5H3;1,9,11H,2,7H2,3-5H3;5-6H2,1-4H3;7H,4-6H2,1-3H3;4H,1-3H3,(H,11,12);4-5H,1-3H3;5H,1-4H3;7,10H,1H2,2-4H3;5H,1,6H2,2-4H3;5-6H,1-4H3/b;7-6+;;;;;;;;6-5-;;;6-5+. The lowest BCUT2D eigenvalue weighted by Crippen LogP contribution is -2.40. The molecule has 2 rings (SSSR count). The molecule has 4 N–H and O–H groups in total. The number of terminal acetylenes is 1. The minimum Gasteiger partial charge on any atom is -0.463 e. The molecule has 2 heterocycles. The first-order valence-corrected chi connectivity index (χ1v) is 49.3. The number of Topliss-reactive ketones (excluding diaryl/α,β-unsaturated/α-hetero) is 1. The van der Waals surface area contributed by atoms with Gasteiger partial charge in [-0.3, -0.25) is 28.8 Å².